The molecule has 0 atom stereocenters. The van der Waals surface area contributed by atoms with Crippen LogP contribution in [-0.2, 0) is 9.47 Å². The maximum absolute atomic E-state index is 5.77. The predicted molar refractivity (Wildman–Crippen MR) is 75.2 cm³/mol. The van der Waals surface area contributed by atoms with Crippen molar-refractivity contribution < 1.29 is 9.47 Å². The summed E-state index contributed by atoms with van der Waals surface area (Å²) in [4.78, 5) is 2.60. The van der Waals surface area contributed by atoms with E-state index in [2.05, 4.69) is 10.2 Å². The molecule has 110 valence electrons. The van der Waals surface area contributed by atoms with Gasteiger partial charge in [0.25, 0.3) is 0 Å². The summed E-state index contributed by atoms with van der Waals surface area (Å²) in [6, 6.07) is 0.670. The first-order valence-corrected chi connectivity index (χ1v) is 8.10. The molecule has 0 amide bonds. The van der Waals surface area contributed by atoms with Gasteiger partial charge in [0.15, 0.2) is 5.79 Å². The van der Waals surface area contributed by atoms with Crippen LogP contribution in [-0.4, -0.2) is 56.1 Å². The summed E-state index contributed by atoms with van der Waals surface area (Å²) in [6.45, 7) is 6.53. The molecule has 1 saturated carbocycles. The normalized spacial score (nSPS) is 29.1. The zero-order valence-corrected chi connectivity index (χ0v) is 12.0. The maximum atomic E-state index is 5.77. The van der Waals surface area contributed by atoms with Crippen molar-refractivity contribution in [1.82, 2.24) is 10.2 Å². The average molecular weight is 268 g/mol. The molecular formula is C15H28N2O2. The van der Waals surface area contributed by atoms with E-state index >= 15 is 0 Å². The first kappa shape index (κ1) is 13.8. The second-order valence-electron chi connectivity index (χ2n) is 6.24. The highest BCUT2D eigenvalue weighted by Crippen LogP contribution is 2.35. The van der Waals surface area contributed by atoms with Crippen molar-refractivity contribution in [3.8, 4) is 0 Å². The SMILES string of the molecule is C1CCN(CCNC2CCC3(CC2)OCCO3)CC1. The second kappa shape index (κ2) is 6.53. The molecule has 2 aliphatic heterocycles. The Morgan fingerprint density at radius 1 is 1.00 bits per heavy atom. The molecule has 0 aromatic heterocycles. The Hall–Kier alpha value is -0.160. The molecule has 4 heteroatoms. The number of nitrogens with zero attached hydrogens (tertiary/aromatic N) is 1. The summed E-state index contributed by atoms with van der Waals surface area (Å²) in [6.07, 6.45) is 8.72. The molecule has 3 fully saturated rings. The number of ether oxygens (including phenoxy) is 2. The van der Waals surface area contributed by atoms with Gasteiger partial charge in [-0.3, -0.25) is 0 Å². The number of nitrogens with one attached hydrogen (secondary N) is 1. The maximum Gasteiger partial charge on any atom is 0.168 e. The molecule has 0 radical (unpaired) electrons. The Labute approximate surface area is 116 Å². The molecular weight excluding hydrogens is 240 g/mol. The molecule has 3 aliphatic rings. The van der Waals surface area contributed by atoms with Crippen LogP contribution in [0.1, 0.15) is 44.9 Å². The van der Waals surface area contributed by atoms with Crippen LogP contribution in [0.2, 0.25) is 0 Å². The molecule has 1 N–H and O–H groups in total. The lowest BCUT2D eigenvalue weighted by molar-refractivity contribution is -0.179. The fraction of sp³-hybridized carbons (Fsp3) is 1.00. The van der Waals surface area contributed by atoms with Crippen LogP contribution in [0.25, 0.3) is 0 Å². The van der Waals surface area contributed by atoms with E-state index in [1.807, 2.05) is 0 Å². The Morgan fingerprint density at radius 2 is 1.68 bits per heavy atom. The van der Waals surface area contributed by atoms with E-state index < -0.39 is 0 Å². The van der Waals surface area contributed by atoms with Crippen LogP contribution >= 0.6 is 0 Å². The number of rotatable bonds is 4. The molecule has 1 aliphatic carbocycles. The van der Waals surface area contributed by atoms with Gasteiger partial charge in [-0.25, -0.2) is 0 Å². The lowest BCUT2D eigenvalue weighted by Gasteiger charge is -2.36. The van der Waals surface area contributed by atoms with Crippen LogP contribution in [0.5, 0.6) is 0 Å². The molecule has 4 nitrogen and oxygen atoms in total. The van der Waals surface area contributed by atoms with Crippen LogP contribution in [0.3, 0.4) is 0 Å². The van der Waals surface area contributed by atoms with Crippen molar-refractivity contribution in [2.45, 2.75) is 56.8 Å². The van der Waals surface area contributed by atoms with Gasteiger partial charge >= 0.3 is 0 Å². The minimum atomic E-state index is -0.203. The summed E-state index contributed by atoms with van der Waals surface area (Å²) in [7, 11) is 0. The molecule has 1 spiro atoms. The van der Waals surface area contributed by atoms with Gasteiger partial charge in [0.05, 0.1) is 13.2 Å². The van der Waals surface area contributed by atoms with Gasteiger partial charge in [-0.15, -0.1) is 0 Å². The first-order chi connectivity index (χ1) is 9.36. The number of hydrogen-bond donors (Lipinski definition) is 1. The Bertz CT molecular complexity index is 263. The van der Waals surface area contributed by atoms with Crippen molar-refractivity contribution in [2.24, 2.45) is 0 Å². The predicted octanol–water partition coefficient (Wildman–Crippen LogP) is 1.75. The lowest BCUT2D eigenvalue weighted by atomic mass is 9.90. The quantitative estimate of drug-likeness (QED) is 0.842. The average Bonchev–Trinajstić information content (AvgIpc) is 2.91. The van der Waals surface area contributed by atoms with Gasteiger partial charge in [0, 0.05) is 32.0 Å². The van der Waals surface area contributed by atoms with E-state index in [0.29, 0.717) is 6.04 Å². The standard InChI is InChI=1S/C15H28N2O2/c1-2-9-17(10-3-1)11-8-16-14-4-6-15(7-5-14)18-12-13-19-15/h14,16H,1-13H2. The minimum Gasteiger partial charge on any atom is -0.348 e. The molecule has 19 heavy (non-hydrogen) atoms. The van der Waals surface area contributed by atoms with Gasteiger partial charge in [0.2, 0.25) is 0 Å². The van der Waals surface area contributed by atoms with Crippen molar-refractivity contribution in [3.05, 3.63) is 0 Å². The van der Waals surface area contributed by atoms with Crippen molar-refractivity contribution in [3.63, 3.8) is 0 Å². The summed E-state index contributed by atoms with van der Waals surface area (Å²) < 4.78 is 11.5. The van der Waals surface area contributed by atoms with E-state index in [9.17, 15) is 0 Å². The summed E-state index contributed by atoms with van der Waals surface area (Å²) in [5.74, 6) is -0.203. The third-order valence-corrected chi connectivity index (χ3v) is 4.87. The highest BCUT2D eigenvalue weighted by atomic mass is 16.7. The van der Waals surface area contributed by atoms with Gasteiger partial charge in [-0.1, -0.05) is 6.42 Å². The van der Waals surface area contributed by atoms with Crippen LogP contribution < -0.4 is 5.32 Å². The fourth-order valence-electron chi connectivity index (χ4n) is 3.66. The van der Waals surface area contributed by atoms with Gasteiger partial charge < -0.3 is 19.7 Å². The topological polar surface area (TPSA) is 33.7 Å². The summed E-state index contributed by atoms with van der Waals surface area (Å²) >= 11 is 0. The van der Waals surface area contributed by atoms with Crippen molar-refractivity contribution >= 4 is 0 Å². The minimum absolute atomic E-state index is 0.203. The lowest BCUT2D eigenvalue weighted by Crippen LogP contribution is -2.44. The molecule has 0 aromatic rings. The Kier molecular flexibility index (Phi) is 4.74. The van der Waals surface area contributed by atoms with E-state index in [0.717, 1.165) is 32.6 Å². The fourth-order valence-corrected chi connectivity index (χ4v) is 3.66. The van der Waals surface area contributed by atoms with Crippen LogP contribution in [0, 0.1) is 0 Å². The second-order valence-corrected chi connectivity index (χ2v) is 6.24. The van der Waals surface area contributed by atoms with E-state index in [1.165, 1.54) is 51.7 Å². The summed E-state index contributed by atoms with van der Waals surface area (Å²) in [5.41, 5.74) is 0. The smallest absolute Gasteiger partial charge is 0.168 e. The van der Waals surface area contributed by atoms with E-state index in [-0.39, 0.29) is 5.79 Å². The molecule has 3 rings (SSSR count). The van der Waals surface area contributed by atoms with Crippen molar-refractivity contribution in [1.29, 1.82) is 0 Å². The molecule has 0 unspecified atom stereocenters. The van der Waals surface area contributed by atoms with E-state index in [4.69, 9.17) is 9.47 Å². The highest BCUT2D eigenvalue weighted by Gasteiger charge is 2.40. The monoisotopic (exact) mass is 268 g/mol. The zero-order valence-electron chi connectivity index (χ0n) is 12.0. The zero-order chi connectivity index (χ0) is 13.0. The van der Waals surface area contributed by atoms with Gasteiger partial charge in [-0.2, -0.15) is 0 Å². The Morgan fingerprint density at radius 3 is 2.37 bits per heavy atom. The van der Waals surface area contributed by atoms with Crippen LogP contribution in [0.15, 0.2) is 0 Å². The first-order valence-electron chi connectivity index (χ1n) is 8.10. The van der Waals surface area contributed by atoms with E-state index in [1.54, 1.807) is 0 Å². The summed E-state index contributed by atoms with van der Waals surface area (Å²) in [5, 5.41) is 3.72. The molecule has 2 saturated heterocycles. The highest BCUT2D eigenvalue weighted by molar-refractivity contribution is 4.85. The van der Waals surface area contributed by atoms with Crippen LogP contribution in [0.4, 0.5) is 0 Å². The molecule has 0 bridgehead atoms. The van der Waals surface area contributed by atoms with Gasteiger partial charge in [0.1, 0.15) is 0 Å². The number of hydrogen-bond acceptors (Lipinski definition) is 4. The van der Waals surface area contributed by atoms with Crippen molar-refractivity contribution in [2.75, 3.05) is 39.4 Å². The molecule has 2 heterocycles. The third-order valence-electron chi connectivity index (χ3n) is 4.87. The molecule has 0 aromatic carbocycles. The largest absolute Gasteiger partial charge is 0.348 e. The number of likely N-dealkylation sites (tertiary alicyclic amines) is 1. The number of piperidine rings is 1. The Balaban J connectivity index is 1.31. The van der Waals surface area contributed by atoms with Gasteiger partial charge in [-0.05, 0) is 38.8 Å². The third kappa shape index (κ3) is 3.69.